The van der Waals surface area contributed by atoms with E-state index in [1.165, 1.54) is 10.9 Å². The Kier molecular flexibility index (Phi) is 2.73. The molecule has 2 rings (SSSR count). The molecule has 0 bridgehead atoms. The molecule has 2 nitrogen and oxygen atoms in total. The number of benzene rings is 1. The molecule has 2 heteroatoms. The molecule has 0 N–H and O–H groups in total. The normalized spacial score (nSPS) is 11.0. The summed E-state index contributed by atoms with van der Waals surface area (Å²) < 4.78 is 0. The van der Waals surface area contributed by atoms with Crippen LogP contribution in [0.3, 0.4) is 0 Å². The van der Waals surface area contributed by atoms with Gasteiger partial charge in [-0.05, 0) is 29.9 Å². The summed E-state index contributed by atoms with van der Waals surface area (Å²) >= 11 is 0. The van der Waals surface area contributed by atoms with E-state index in [4.69, 9.17) is 0 Å². The SMILES string of the molecule is CC(=O)c1ccc2c(C(C)C)cncc2c1. The summed E-state index contributed by atoms with van der Waals surface area (Å²) in [4.78, 5) is 15.5. The van der Waals surface area contributed by atoms with Gasteiger partial charge in [0.25, 0.3) is 0 Å². The fourth-order valence-electron chi connectivity index (χ4n) is 1.88. The van der Waals surface area contributed by atoms with Gasteiger partial charge in [0.1, 0.15) is 0 Å². The van der Waals surface area contributed by atoms with Gasteiger partial charge in [0.2, 0.25) is 0 Å². The van der Waals surface area contributed by atoms with E-state index in [9.17, 15) is 4.79 Å². The zero-order valence-corrected chi connectivity index (χ0v) is 9.82. The quantitative estimate of drug-likeness (QED) is 0.714. The number of aromatic nitrogens is 1. The summed E-state index contributed by atoms with van der Waals surface area (Å²) in [5.41, 5.74) is 1.97. The first-order valence-electron chi connectivity index (χ1n) is 5.48. The third kappa shape index (κ3) is 1.83. The zero-order chi connectivity index (χ0) is 11.7. The summed E-state index contributed by atoms with van der Waals surface area (Å²) in [6.45, 7) is 5.88. The third-order valence-electron chi connectivity index (χ3n) is 2.82. The number of fused-ring (bicyclic) bond motifs is 1. The summed E-state index contributed by atoms with van der Waals surface area (Å²) in [7, 11) is 0. The Hall–Kier alpha value is -1.70. The van der Waals surface area contributed by atoms with E-state index in [0.29, 0.717) is 5.92 Å². The molecule has 0 fully saturated rings. The van der Waals surface area contributed by atoms with Crippen LogP contribution < -0.4 is 0 Å². The van der Waals surface area contributed by atoms with Crippen LogP contribution in [0.5, 0.6) is 0 Å². The minimum Gasteiger partial charge on any atom is -0.295 e. The number of carbonyl (C=O) groups excluding carboxylic acids is 1. The molecule has 82 valence electrons. The fraction of sp³-hybridized carbons (Fsp3) is 0.286. The van der Waals surface area contributed by atoms with Crippen molar-refractivity contribution in [1.29, 1.82) is 0 Å². The number of nitrogens with zero attached hydrogens (tertiary/aromatic N) is 1. The maximum atomic E-state index is 11.3. The lowest BCUT2D eigenvalue weighted by molar-refractivity contribution is 0.101. The van der Waals surface area contributed by atoms with Crippen molar-refractivity contribution < 1.29 is 4.79 Å². The maximum absolute atomic E-state index is 11.3. The molecule has 0 aliphatic rings. The van der Waals surface area contributed by atoms with Crippen molar-refractivity contribution in [2.24, 2.45) is 0 Å². The molecule has 1 heterocycles. The third-order valence-corrected chi connectivity index (χ3v) is 2.82. The van der Waals surface area contributed by atoms with Crippen molar-refractivity contribution in [2.75, 3.05) is 0 Å². The highest BCUT2D eigenvalue weighted by molar-refractivity contribution is 5.98. The standard InChI is InChI=1S/C14H15NO/c1-9(2)14-8-15-7-12-6-11(10(3)16)4-5-13(12)14/h4-9H,1-3H3. The minimum absolute atomic E-state index is 0.0943. The maximum Gasteiger partial charge on any atom is 0.159 e. The number of ketones is 1. The lowest BCUT2D eigenvalue weighted by Gasteiger charge is -2.09. The van der Waals surface area contributed by atoms with Gasteiger partial charge in [-0.3, -0.25) is 9.78 Å². The molecule has 1 aromatic heterocycles. The summed E-state index contributed by atoms with van der Waals surface area (Å²) in [5.74, 6) is 0.538. The predicted octanol–water partition coefficient (Wildman–Crippen LogP) is 3.56. The molecule has 0 unspecified atom stereocenters. The highest BCUT2D eigenvalue weighted by Crippen LogP contribution is 2.25. The first-order valence-corrected chi connectivity index (χ1v) is 5.48. The van der Waals surface area contributed by atoms with Crippen molar-refractivity contribution in [2.45, 2.75) is 26.7 Å². The topological polar surface area (TPSA) is 30.0 Å². The van der Waals surface area contributed by atoms with E-state index in [1.807, 2.05) is 30.6 Å². The number of pyridine rings is 1. The second-order valence-corrected chi connectivity index (χ2v) is 4.38. The lowest BCUT2D eigenvalue weighted by Crippen LogP contribution is -1.95. The Morgan fingerprint density at radius 2 is 2.00 bits per heavy atom. The molecule has 2 aromatic rings. The van der Waals surface area contributed by atoms with Crippen LogP contribution >= 0.6 is 0 Å². The van der Waals surface area contributed by atoms with Crippen LogP contribution in [0.4, 0.5) is 0 Å². The van der Waals surface area contributed by atoms with Gasteiger partial charge >= 0.3 is 0 Å². The Morgan fingerprint density at radius 3 is 2.62 bits per heavy atom. The fourth-order valence-corrected chi connectivity index (χ4v) is 1.88. The molecular formula is C14H15NO. The number of rotatable bonds is 2. The van der Waals surface area contributed by atoms with E-state index in [1.54, 1.807) is 6.92 Å². The van der Waals surface area contributed by atoms with Crippen LogP contribution in [0.1, 0.15) is 42.6 Å². The molecule has 0 atom stereocenters. The molecule has 1 aromatic carbocycles. The molecule has 0 saturated heterocycles. The summed E-state index contributed by atoms with van der Waals surface area (Å²) in [5, 5.41) is 2.23. The van der Waals surface area contributed by atoms with Crippen LogP contribution in [0.25, 0.3) is 10.8 Å². The summed E-state index contributed by atoms with van der Waals surface area (Å²) in [6.07, 6.45) is 3.72. The molecule has 16 heavy (non-hydrogen) atoms. The average molecular weight is 213 g/mol. The highest BCUT2D eigenvalue weighted by Gasteiger charge is 2.07. The zero-order valence-electron chi connectivity index (χ0n) is 9.82. The first kappa shape index (κ1) is 10.8. The summed E-state index contributed by atoms with van der Waals surface area (Å²) in [6, 6.07) is 5.82. The van der Waals surface area contributed by atoms with E-state index in [0.717, 1.165) is 10.9 Å². The van der Waals surface area contributed by atoms with Crippen molar-refractivity contribution in [3.8, 4) is 0 Å². The van der Waals surface area contributed by atoms with Crippen LogP contribution in [-0.2, 0) is 0 Å². The van der Waals surface area contributed by atoms with Crippen LogP contribution in [0.2, 0.25) is 0 Å². The Morgan fingerprint density at radius 1 is 1.25 bits per heavy atom. The van der Waals surface area contributed by atoms with E-state index < -0.39 is 0 Å². The molecule has 0 amide bonds. The van der Waals surface area contributed by atoms with Gasteiger partial charge in [-0.15, -0.1) is 0 Å². The van der Waals surface area contributed by atoms with Gasteiger partial charge in [0, 0.05) is 23.3 Å². The molecule has 0 spiro atoms. The molecule has 0 aliphatic heterocycles. The van der Waals surface area contributed by atoms with E-state index >= 15 is 0 Å². The molecule has 0 radical (unpaired) electrons. The Balaban J connectivity index is 2.68. The van der Waals surface area contributed by atoms with Crippen molar-refractivity contribution >= 4 is 16.6 Å². The van der Waals surface area contributed by atoms with Gasteiger partial charge in [0.15, 0.2) is 5.78 Å². The van der Waals surface area contributed by atoms with Crippen LogP contribution in [-0.4, -0.2) is 10.8 Å². The Bertz CT molecular complexity index is 543. The lowest BCUT2D eigenvalue weighted by atomic mass is 9.97. The second-order valence-electron chi connectivity index (χ2n) is 4.38. The molecule has 0 aliphatic carbocycles. The monoisotopic (exact) mass is 213 g/mol. The molecular weight excluding hydrogens is 198 g/mol. The number of carbonyl (C=O) groups is 1. The minimum atomic E-state index is 0.0943. The first-order chi connectivity index (χ1) is 7.59. The van der Waals surface area contributed by atoms with Crippen molar-refractivity contribution in [3.05, 3.63) is 41.7 Å². The number of Topliss-reactive ketones (excluding diaryl/α,β-unsaturated/α-hetero) is 1. The van der Waals surface area contributed by atoms with E-state index in [2.05, 4.69) is 18.8 Å². The van der Waals surface area contributed by atoms with Crippen LogP contribution in [0, 0.1) is 0 Å². The Labute approximate surface area is 95.3 Å². The van der Waals surface area contributed by atoms with Gasteiger partial charge < -0.3 is 0 Å². The largest absolute Gasteiger partial charge is 0.295 e. The van der Waals surface area contributed by atoms with E-state index in [-0.39, 0.29) is 5.78 Å². The average Bonchev–Trinajstić information content (AvgIpc) is 2.27. The van der Waals surface area contributed by atoms with Crippen molar-refractivity contribution in [3.63, 3.8) is 0 Å². The van der Waals surface area contributed by atoms with Gasteiger partial charge in [-0.1, -0.05) is 26.0 Å². The van der Waals surface area contributed by atoms with Gasteiger partial charge in [0.05, 0.1) is 0 Å². The highest BCUT2D eigenvalue weighted by atomic mass is 16.1. The number of hydrogen-bond acceptors (Lipinski definition) is 2. The smallest absolute Gasteiger partial charge is 0.159 e. The predicted molar refractivity (Wildman–Crippen MR) is 65.8 cm³/mol. The molecule has 0 saturated carbocycles. The number of hydrogen-bond donors (Lipinski definition) is 0. The van der Waals surface area contributed by atoms with Crippen LogP contribution in [0.15, 0.2) is 30.6 Å². The van der Waals surface area contributed by atoms with Gasteiger partial charge in [-0.2, -0.15) is 0 Å². The van der Waals surface area contributed by atoms with Crippen molar-refractivity contribution in [1.82, 2.24) is 4.98 Å². The second kappa shape index (κ2) is 4.05. The van der Waals surface area contributed by atoms with Gasteiger partial charge in [-0.25, -0.2) is 0 Å².